The van der Waals surface area contributed by atoms with E-state index in [0.29, 0.717) is 5.71 Å². The molecule has 0 saturated heterocycles. The molecule has 70 valence electrons. The molecule has 0 fully saturated rings. The van der Waals surface area contributed by atoms with Crippen molar-refractivity contribution < 1.29 is 9.84 Å². The van der Waals surface area contributed by atoms with Crippen molar-refractivity contribution in [3.63, 3.8) is 0 Å². The minimum Gasteiger partial charge on any atom is -0.390 e. The van der Waals surface area contributed by atoms with E-state index in [2.05, 4.69) is 4.99 Å². The fourth-order valence-electron chi connectivity index (χ4n) is 1.01. The summed E-state index contributed by atoms with van der Waals surface area (Å²) < 4.78 is 4.80. The van der Waals surface area contributed by atoms with E-state index in [0.717, 1.165) is 5.56 Å². The van der Waals surface area contributed by atoms with Crippen LogP contribution in [-0.4, -0.2) is 31.3 Å². The summed E-state index contributed by atoms with van der Waals surface area (Å²) in [5.74, 6) is 0. The van der Waals surface area contributed by atoms with Gasteiger partial charge in [0.05, 0.1) is 12.3 Å². The summed E-state index contributed by atoms with van der Waals surface area (Å²) in [5, 5.41) is 9.02. The largest absolute Gasteiger partial charge is 0.390 e. The molecule has 0 atom stereocenters. The predicted octanol–water partition coefficient (Wildman–Crippen LogP) is 1.07. The number of rotatable bonds is 4. The number of nitrogens with zero attached hydrogens (tertiary/aromatic N) is 1. The number of ether oxygens (including phenoxy) is 1. The molecule has 0 aromatic heterocycles. The van der Waals surface area contributed by atoms with Crippen molar-refractivity contribution in [3.8, 4) is 0 Å². The fourth-order valence-corrected chi connectivity index (χ4v) is 1.01. The first-order valence-corrected chi connectivity index (χ1v) is 4.07. The maximum Gasteiger partial charge on any atom is 0.137 e. The Morgan fingerprint density at radius 3 is 2.62 bits per heavy atom. The van der Waals surface area contributed by atoms with Gasteiger partial charge < -0.3 is 9.84 Å². The van der Waals surface area contributed by atoms with Crippen LogP contribution in [0.15, 0.2) is 35.3 Å². The molecular weight excluding hydrogens is 166 g/mol. The molecule has 1 N–H and O–H groups in total. The van der Waals surface area contributed by atoms with Gasteiger partial charge in [0.25, 0.3) is 0 Å². The monoisotopic (exact) mass is 179 g/mol. The summed E-state index contributed by atoms with van der Waals surface area (Å²) in [6.45, 7) is 0.220. The van der Waals surface area contributed by atoms with E-state index in [-0.39, 0.29) is 13.3 Å². The van der Waals surface area contributed by atoms with Crippen LogP contribution in [0.4, 0.5) is 0 Å². The molecule has 1 aromatic rings. The molecule has 0 unspecified atom stereocenters. The van der Waals surface area contributed by atoms with Crippen molar-refractivity contribution >= 4 is 5.71 Å². The number of aliphatic imine (C=N–C) groups is 1. The van der Waals surface area contributed by atoms with Crippen LogP contribution in [-0.2, 0) is 4.74 Å². The number of aliphatic hydroxyl groups excluding tert-OH is 1. The minimum absolute atomic E-state index is 0.0621. The highest BCUT2D eigenvalue weighted by Gasteiger charge is 1.99. The molecular formula is C10H13NO2. The Labute approximate surface area is 77.7 Å². The molecule has 3 nitrogen and oxygen atoms in total. The highest BCUT2D eigenvalue weighted by Crippen LogP contribution is 2.00. The summed E-state index contributed by atoms with van der Waals surface area (Å²) in [5.41, 5.74) is 1.59. The molecule has 1 rings (SSSR count). The Morgan fingerprint density at radius 1 is 1.38 bits per heavy atom. The Balaban J connectivity index is 2.78. The minimum atomic E-state index is -0.0621. The summed E-state index contributed by atoms with van der Waals surface area (Å²) in [4.78, 5) is 4.08. The molecule has 3 heteroatoms. The molecule has 0 radical (unpaired) electrons. The van der Waals surface area contributed by atoms with Gasteiger partial charge in [-0.25, -0.2) is 0 Å². The third-order valence-electron chi connectivity index (χ3n) is 1.64. The van der Waals surface area contributed by atoms with Gasteiger partial charge in [0.2, 0.25) is 0 Å². The van der Waals surface area contributed by atoms with Crippen molar-refractivity contribution in [3.05, 3.63) is 35.9 Å². The summed E-state index contributed by atoms with van der Waals surface area (Å²) >= 11 is 0. The molecule has 0 bridgehead atoms. The third-order valence-corrected chi connectivity index (χ3v) is 1.64. The molecule has 0 aliphatic carbocycles. The van der Waals surface area contributed by atoms with Crippen molar-refractivity contribution in [2.24, 2.45) is 4.99 Å². The summed E-state index contributed by atoms with van der Waals surface area (Å²) in [6, 6.07) is 9.56. The number of hydrogen-bond acceptors (Lipinski definition) is 3. The van der Waals surface area contributed by atoms with Gasteiger partial charge in [-0.2, -0.15) is 0 Å². The van der Waals surface area contributed by atoms with Gasteiger partial charge in [-0.3, -0.25) is 4.99 Å². The van der Waals surface area contributed by atoms with Gasteiger partial charge in [-0.05, 0) is 5.56 Å². The van der Waals surface area contributed by atoms with Crippen LogP contribution < -0.4 is 0 Å². The lowest BCUT2D eigenvalue weighted by Gasteiger charge is -2.02. The molecule has 0 aliphatic heterocycles. The van der Waals surface area contributed by atoms with E-state index in [1.165, 1.54) is 0 Å². The number of hydrogen-bond donors (Lipinski definition) is 1. The quantitative estimate of drug-likeness (QED) is 0.702. The highest BCUT2D eigenvalue weighted by atomic mass is 16.5. The van der Waals surface area contributed by atoms with Crippen LogP contribution in [0, 0.1) is 0 Å². The Bertz CT molecular complexity index is 270. The smallest absolute Gasteiger partial charge is 0.137 e. The van der Waals surface area contributed by atoms with Crippen molar-refractivity contribution in [2.75, 3.05) is 20.4 Å². The van der Waals surface area contributed by atoms with E-state index in [4.69, 9.17) is 9.84 Å². The summed E-state index contributed by atoms with van der Waals surface area (Å²) in [7, 11) is 1.57. The average molecular weight is 179 g/mol. The van der Waals surface area contributed by atoms with Gasteiger partial charge in [0.1, 0.15) is 6.73 Å². The first kappa shape index (κ1) is 9.89. The molecule has 0 aliphatic rings. The van der Waals surface area contributed by atoms with Gasteiger partial charge >= 0.3 is 0 Å². The van der Waals surface area contributed by atoms with Crippen LogP contribution in [0.1, 0.15) is 5.56 Å². The van der Waals surface area contributed by atoms with E-state index < -0.39 is 0 Å². The van der Waals surface area contributed by atoms with E-state index >= 15 is 0 Å². The van der Waals surface area contributed by atoms with Gasteiger partial charge in [-0.1, -0.05) is 30.3 Å². The van der Waals surface area contributed by atoms with E-state index in [1.54, 1.807) is 7.11 Å². The topological polar surface area (TPSA) is 41.8 Å². The maximum atomic E-state index is 9.02. The highest BCUT2D eigenvalue weighted by molar-refractivity contribution is 6.01. The zero-order chi connectivity index (χ0) is 9.52. The predicted molar refractivity (Wildman–Crippen MR) is 51.9 cm³/mol. The van der Waals surface area contributed by atoms with Crippen LogP contribution >= 0.6 is 0 Å². The first-order chi connectivity index (χ1) is 6.38. The van der Waals surface area contributed by atoms with E-state index in [1.807, 2.05) is 30.3 Å². The zero-order valence-corrected chi connectivity index (χ0v) is 7.60. The van der Waals surface area contributed by atoms with E-state index in [9.17, 15) is 0 Å². The number of methoxy groups -OCH3 is 1. The molecule has 1 aromatic carbocycles. The average Bonchev–Trinajstić information content (AvgIpc) is 2.21. The number of benzene rings is 1. The molecule has 0 spiro atoms. The number of aliphatic hydroxyl groups is 1. The SMILES string of the molecule is COCN=C(CO)c1ccccc1. The van der Waals surface area contributed by atoms with Gasteiger partial charge in [0, 0.05) is 7.11 Å². The maximum absolute atomic E-state index is 9.02. The Morgan fingerprint density at radius 2 is 2.08 bits per heavy atom. The van der Waals surface area contributed by atoms with Crippen LogP contribution in [0.3, 0.4) is 0 Å². The molecule has 0 heterocycles. The van der Waals surface area contributed by atoms with Crippen molar-refractivity contribution in [1.29, 1.82) is 0 Å². The van der Waals surface area contributed by atoms with Crippen LogP contribution in [0.25, 0.3) is 0 Å². The zero-order valence-electron chi connectivity index (χ0n) is 7.60. The van der Waals surface area contributed by atoms with Gasteiger partial charge in [0.15, 0.2) is 0 Å². The Hall–Kier alpha value is -1.19. The normalized spacial score (nSPS) is 11.7. The first-order valence-electron chi connectivity index (χ1n) is 4.07. The van der Waals surface area contributed by atoms with Gasteiger partial charge in [-0.15, -0.1) is 0 Å². The van der Waals surface area contributed by atoms with Crippen LogP contribution in [0.2, 0.25) is 0 Å². The standard InChI is InChI=1S/C10H13NO2/c1-13-8-11-10(7-12)9-5-3-2-4-6-9/h2-6,12H,7-8H2,1H3. The van der Waals surface area contributed by atoms with Crippen molar-refractivity contribution in [2.45, 2.75) is 0 Å². The second-order valence-corrected chi connectivity index (χ2v) is 2.55. The van der Waals surface area contributed by atoms with Crippen LogP contribution in [0.5, 0.6) is 0 Å². The third kappa shape index (κ3) is 2.97. The Kier molecular flexibility index (Phi) is 4.15. The lowest BCUT2D eigenvalue weighted by atomic mass is 10.1. The fraction of sp³-hybridized carbons (Fsp3) is 0.300. The lowest BCUT2D eigenvalue weighted by molar-refractivity contribution is 0.208. The molecule has 13 heavy (non-hydrogen) atoms. The second kappa shape index (κ2) is 5.45. The second-order valence-electron chi connectivity index (χ2n) is 2.55. The van der Waals surface area contributed by atoms with Crippen molar-refractivity contribution in [1.82, 2.24) is 0 Å². The lowest BCUT2D eigenvalue weighted by Crippen LogP contribution is -2.07. The molecule has 0 saturated carbocycles. The summed E-state index contributed by atoms with van der Waals surface area (Å²) in [6.07, 6.45) is 0. The molecule has 0 amide bonds.